The quantitative estimate of drug-likeness (QED) is 0.696. The van der Waals surface area contributed by atoms with E-state index in [1.54, 1.807) is 30.3 Å². The SMILES string of the molecule is CC.CC(=O)NCCSC1=CC(=O)c2onc(C(=O)Nc3ccccc3)c2C1=O. The number of benzene rings is 1. The molecule has 9 heteroatoms. The van der Waals surface area contributed by atoms with Crippen molar-refractivity contribution in [3.63, 3.8) is 0 Å². The first kappa shape index (κ1) is 22.1. The lowest BCUT2D eigenvalue weighted by atomic mass is 9.99. The van der Waals surface area contributed by atoms with Crippen LogP contribution in [0.2, 0.25) is 0 Å². The largest absolute Gasteiger partial charge is 0.356 e. The number of carbonyl (C=O) groups is 4. The molecule has 8 nitrogen and oxygen atoms in total. The molecular weight excluding hydrogens is 394 g/mol. The number of hydrogen-bond donors (Lipinski definition) is 2. The zero-order valence-corrected chi connectivity index (χ0v) is 17.1. The topological polar surface area (TPSA) is 118 Å². The minimum absolute atomic E-state index is 0.141. The van der Waals surface area contributed by atoms with E-state index in [0.717, 1.165) is 17.8 Å². The Morgan fingerprint density at radius 1 is 1.14 bits per heavy atom. The van der Waals surface area contributed by atoms with Gasteiger partial charge in [0, 0.05) is 31.0 Å². The van der Waals surface area contributed by atoms with Gasteiger partial charge in [0.15, 0.2) is 5.69 Å². The number of Topliss-reactive ketones (excluding diaryl/α,β-unsaturated/α-hetero) is 1. The molecule has 0 unspecified atom stereocenters. The highest BCUT2D eigenvalue weighted by Crippen LogP contribution is 2.30. The van der Waals surface area contributed by atoms with E-state index in [1.165, 1.54) is 6.92 Å². The number of fused-ring (bicyclic) bond motifs is 1. The molecule has 0 atom stereocenters. The highest BCUT2D eigenvalue weighted by molar-refractivity contribution is 8.04. The van der Waals surface area contributed by atoms with Crippen LogP contribution in [0.5, 0.6) is 0 Å². The van der Waals surface area contributed by atoms with Crippen LogP contribution in [0.4, 0.5) is 5.69 Å². The fourth-order valence-electron chi connectivity index (χ4n) is 2.40. The zero-order valence-electron chi connectivity index (χ0n) is 16.3. The van der Waals surface area contributed by atoms with Gasteiger partial charge < -0.3 is 15.2 Å². The molecular formula is C20H21N3O5S. The summed E-state index contributed by atoms with van der Waals surface area (Å²) in [5.41, 5.74) is 0.146. The van der Waals surface area contributed by atoms with Crippen molar-refractivity contribution in [2.45, 2.75) is 20.8 Å². The molecule has 2 N–H and O–H groups in total. The van der Waals surface area contributed by atoms with E-state index in [9.17, 15) is 19.2 Å². The van der Waals surface area contributed by atoms with E-state index in [2.05, 4.69) is 15.8 Å². The standard InChI is InChI=1S/C18H15N3O5S.C2H6/c1-10(22)19-7-8-27-13-9-12(23)17-14(16(13)24)15(21-26-17)18(25)20-11-5-3-2-4-6-11;1-2/h2-6,9H,7-8H2,1H3,(H,19,22)(H,20,25);1-2H3. The summed E-state index contributed by atoms with van der Waals surface area (Å²) in [6.45, 7) is 5.73. The van der Waals surface area contributed by atoms with E-state index in [1.807, 2.05) is 13.8 Å². The molecule has 0 bridgehead atoms. The van der Waals surface area contributed by atoms with Crippen LogP contribution in [-0.2, 0) is 4.79 Å². The number of allylic oxidation sites excluding steroid dienone is 2. The third-order valence-electron chi connectivity index (χ3n) is 3.61. The summed E-state index contributed by atoms with van der Waals surface area (Å²) in [5.74, 6) is -1.70. The Morgan fingerprint density at radius 2 is 1.83 bits per heavy atom. The molecule has 1 heterocycles. The fourth-order valence-corrected chi connectivity index (χ4v) is 3.25. The van der Waals surface area contributed by atoms with Gasteiger partial charge in [0.2, 0.25) is 23.2 Å². The van der Waals surface area contributed by atoms with Crippen LogP contribution in [0.15, 0.2) is 45.8 Å². The van der Waals surface area contributed by atoms with Gasteiger partial charge in [-0.1, -0.05) is 37.2 Å². The van der Waals surface area contributed by atoms with Crippen molar-refractivity contribution >= 4 is 40.8 Å². The summed E-state index contributed by atoms with van der Waals surface area (Å²) in [6.07, 6.45) is 1.16. The maximum atomic E-state index is 12.7. The third kappa shape index (κ3) is 5.41. The van der Waals surface area contributed by atoms with Gasteiger partial charge in [-0.2, -0.15) is 0 Å². The summed E-state index contributed by atoms with van der Waals surface area (Å²) in [7, 11) is 0. The van der Waals surface area contributed by atoms with Crippen LogP contribution in [-0.4, -0.2) is 40.8 Å². The maximum absolute atomic E-state index is 12.7. The Morgan fingerprint density at radius 3 is 2.48 bits per heavy atom. The minimum atomic E-state index is -0.642. The Kier molecular flexibility index (Phi) is 7.90. The summed E-state index contributed by atoms with van der Waals surface area (Å²) in [6, 6.07) is 8.65. The molecule has 0 saturated carbocycles. The lowest BCUT2D eigenvalue weighted by Gasteiger charge is -2.11. The predicted molar refractivity (Wildman–Crippen MR) is 110 cm³/mol. The summed E-state index contributed by atoms with van der Waals surface area (Å²) >= 11 is 1.12. The summed E-state index contributed by atoms with van der Waals surface area (Å²) in [5, 5.41) is 8.84. The van der Waals surface area contributed by atoms with E-state index in [-0.39, 0.29) is 27.8 Å². The number of nitrogens with zero attached hydrogens (tertiary/aromatic N) is 1. The number of anilines is 1. The molecule has 3 rings (SSSR count). The van der Waals surface area contributed by atoms with Gasteiger partial charge in [-0.05, 0) is 12.1 Å². The Bertz CT molecular complexity index is 950. The van der Waals surface area contributed by atoms with Gasteiger partial charge in [-0.25, -0.2) is 0 Å². The van der Waals surface area contributed by atoms with E-state index < -0.39 is 17.5 Å². The molecule has 1 aromatic heterocycles. The summed E-state index contributed by atoms with van der Waals surface area (Å²) < 4.78 is 4.94. The molecule has 1 aliphatic rings. The number of nitrogens with one attached hydrogen (secondary N) is 2. The second-order valence-corrected chi connectivity index (χ2v) is 6.73. The van der Waals surface area contributed by atoms with Crippen LogP contribution >= 0.6 is 11.8 Å². The second kappa shape index (κ2) is 10.4. The minimum Gasteiger partial charge on any atom is -0.356 e. The molecule has 152 valence electrons. The molecule has 1 aromatic carbocycles. The van der Waals surface area contributed by atoms with Crippen molar-refractivity contribution in [1.29, 1.82) is 0 Å². The average Bonchev–Trinajstić information content (AvgIpc) is 3.17. The first-order valence-corrected chi connectivity index (χ1v) is 10.00. The van der Waals surface area contributed by atoms with Crippen LogP contribution in [0.1, 0.15) is 52.2 Å². The fraction of sp³-hybridized carbons (Fsp3) is 0.250. The van der Waals surface area contributed by atoms with Gasteiger partial charge in [0.1, 0.15) is 5.56 Å². The molecule has 29 heavy (non-hydrogen) atoms. The predicted octanol–water partition coefficient (Wildman–Crippen LogP) is 3.09. The Labute approximate surface area is 172 Å². The molecule has 0 saturated heterocycles. The van der Waals surface area contributed by atoms with Crippen molar-refractivity contribution in [2.75, 3.05) is 17.6 Å². The number of hydrogen-bond acceptors (Lipinski definition) is 7. The van der Waals surface area contributed by atoms with Crippen LogP contribution in [0, 0.1) is 0 Å². The number of ketones is 2. The van der Waals surface area contributed by atoms with Crippen molar-refractivity contribution in [3.8, 4) is 0 Å². The van der Waals surface area contributed by atoms with Gasteiger partial charge in [0.25, 0.3) is 5.91 Å². The molecule has 0 radical (unpaired) electrons. The molecule has 1 aliphatic carbocycles. The van der Waals surface area contributed by atoms with E-state index >= 15 is 0 Å². The van der Waals surface area contributed by atoms with Crippen LogP contribution < -0.4 is 10.6 Å². The highest BCUT2D eigenvalue weighted by Gasteiger charge is 2.36. The van der Waals surface area contributed by atoms with Crippen molar-refractivity contribution in [3.05, 3.63) is 58.3 Å². The molecule has 0 fully saturated rings. The number of para-hydroxylation sites is 1. The van der Waals surface area contributed by atoms with Gasteiger partial charge in [0.05, 0.1) is 4.91 Å². The van der Waals surface area contributed by atoms with Crippen LogP contribution in [0.3, 0.4) is 0 Å². The smallest absolute Gasteiger partial charge is 0.278 e. The number of aromatic nitrogens is 1. The average molecular weight is 415 g/mol. The number of thioether (sulfide) groups is 1. The normalized spacial score (nSPS) is 12.3. The van der Waals surface area contributed by atoms with Gasteiger partial charge in [-0.15, -0.1) is 11.8 Å². The van der Waals surface area contributed by atoms with Crippen molar-refractivity contribution < 1.29 is 23.7 Å². The monoisotopic (exact) mass is 415 g/mol. The second-order valence-electron chi connectivity index (χ2n) is 5.59. The molecule has 0 aliphatic heterocycles. The van der Waals surface area contributed by atoms with E-state index in [4.69, 9.17) is 4.52 Å². The first-order valence-electron chi connectivity index (χ1n) is 9.01. The van der Waals surface area contributed by atoms with Gasteiger partial charge in [-0.3, -0.25) is 19.2 Å². The lowest BCUT2D eigenvalue weighted by molar-refractivity contribution is -0.118. The van der Waals surface area contributed by atoms with Crippen molar-refractivity contribution in [2.24, 2.45) is 0 Å². The maximum Gasteiger partial charge on any atom is 0.278 e. The van der Waals surface area contributed by atoms with E-state index in [0.29, 0.717) is 18.0 Å². The third-order valence-corrected chi connectivity index (χ3v) is 4.63. The number of amides is 2. The van der Waals surface area contributed by atoms with Gasteiger partial charge >= 0.3 is 0 Å². The summed E-state index contributed by atoms with van der Waals surface area (Å²) in [4.78, 5) is 48.5. The zero-order chi connectivity index (χ0) is 21.4. The molecule has 0 spiro atoms. The number of rotatable bonds is 6. The van der Waals surface area contributed by atoms with Crippen molar-refractivity contribution in [1.82, 2.24) is 10.5 Å². The van der Waals surface area contributed by atoms with Crippen LogP contribution in [0.25, 0.3) is 0 Å². The highest BCUT2D eigenvalue weighted by atomic mass is 32.2. The Hall–Kier alpha value is -3.20. The lowest BCUT2D eigenvalue weighted by Crippen LogP contribution is -2.23. The first-order chi connectivity index (χ1) is 14.0. The molecule has 2 aromatic rings. The number of carbonyl (C=O) groups excluding carboxylic acids is 4. The molecule has 2 amide bonds. The Balaban J connectivity index is 0.00000145.